The Labute approximate surface area is 163 Å². The SMILES string of the molecule is N#Cc1ccc(NC(=O)C2CCCCN2S(=O)(=O)c2ccccc2)cc1Cl. The topological polar surface area (TPSA) is 90.3 Å². The fourth-order valence-corrected chi connectivity index (χ4v) is 4.99. The van der Waals surface area contributed by atoms with Gasteiger partial charge in [0.05, 0.1) is 15.5 Å². The highest BCUT2D eigenvalue weighted by Crippen LogP contribution is 2.27. The summed E-state index contributed by atoms with van der Waals surface area (Å²) in [6, 6.07) is 13.8. The van der Waals surface area contributed by atoms with Crippen molar-refractivity contribution >= 4 is 33.2 Å². The molecule has 2 aromatic rings. The van der Waals surface area contributed by atoms with Crippen molar-refractivity contribution in [3.8, 4) is 6.07 Å². The fraction of sp³-hybridized carbons (Fsp3) is 0.263. The molecule has 1 unspecified atom stereocenters. The van der Waals surface area contributed by atoms with Gasteiger partial charge in [-0.2, -0.15) is 9.57 Å². The van der Waals surface area contributed by atoms with Crippen LogP contribution >= 0.6 is 11.6 Å². The Kier molecular flexibility index (Phi) is 5.80. The van der Waals surface area contributed by atoms with E-state index in [4.69, 9.17) is 16.9 Å². The van der Waals surface area contributed by atoms with Crippen LogP contribution in [0.5, 0.6) is 0 Å². The van der Waals surface area contributed by atoms with Crippen LogP contribution in [0.15, 0.2) is 53.4 Å². The van der Waals surface area contributed by atoms with Gasteiger partial charge >= 0.3 is 0 Å². The van der Waals surface area contributed by atoms with Crippen LogP contribution in [0.25, 0.3) is 0 Å². The van der Waals surface area contributed by atoms with Gasteiger partial charge in [-0.25, -0.2) is 8.42 Å². The van der Waals surface area contributed by atoms with E-state index in [2.05, 4.69) is 5.32 Å². The third-order valence-corrected chi connectivity index (χ3v) is 6.70. The van der Waals surface area contributed by atoms with E-state index in [1.165, 1.54) is 28.6 Å². The number of hydrogen-bond donors (Lipinski definition) is 1. The lowest BCUT2D eigenvalue weighted by Crippen LogP contribution is -2.49. The molecular weight excluding hydrogens is 386 g/mol. The maximum absolute atomic E-state index is 13.0. The molecule has 1 heterocycles. The predicted octanol–water partition coefficient (Wildman–Crippen LogP) is 3.39. The largest absolute Gasteiger partial charge is 0.325 e. The average molecular weight is 404 g/mol. The van der Waals surface area contributed by atoms with Gasteiger partial charge < -0.3 is 5.32 Å². The molecule has 140 valence electrons. The minimum atomic E-state index is -3.76. The summed E-state index contributed by atoms with van der Waals surface area (Å²) in [6.07, 6.45) is 1.92. The Hall–Kier alpha value is -2.40. The average Bonchev–Trinajstić information content (AvgIpc) is 2.69. The second kappa shape index (κ2) is 8.09. The molecule has 1 aliphatic heterocycles. The molecule has 1 N–H and O–H groups in total. The molecule has 6 nitrogen and oxygen atoms in total. The van der Waals surface area contributed by atoms with E-state index in [-0.39, 0.29) is 9.92 Å². The first kappa shape index (κ1) is 19.4. The van der Waals surface area contributed by atoms with Gasteiger partial charge in [-0.15, -0.1) is 0 Å². The Balaban J connectivity index is 1.84. The van der Waals surface area contributed by atoms with E-state index in [1.54, 1.807) is 24.3 Å². The molecular formula is C19H18ClN3O3S. The second-order valence-corrected chi connectivity index (χ2v) is 8.53. The number of halogens is 1. The number of hydrogen-bond acceptors (Lipinski definition) is 4. The molecule has 0 aliphatic carbocycles. The zero-order chi connectivity index (χ0) is 19.4. The summed E-state index contributed by atoms with van der Waals surface area (Å²) in [5.74, 6) is -0.407. The zero-order valence-corrected chi connectivity index (χ0v) is 16.0. The smallest absolute Gasteiger partial charge is 0.243 e. The molecule has 27 heavy (non-hydrogen) atoms. The Morgan fingerprint density at radius 1 is 1.19 bits per heavy atom. The van der Waals surface area contributed by atoms with Crippen molar-refractivity contribution in [3.05, 3.63) is 59.1 Å². The van der Waals surface area contributed by atoms with Crippen LogP contribution in [0.2, 0.25) is 5.02 Å². The van der Waals surface area contributed by atoms with E-state index in [1.807, 2.05) is 6.07 Å². The lowest BCUT2D eigenvalue weighted by atomic mass is 10.0. The van der Waals surface area contributed by atoms with Gasteiger partial charge in [-0.05, 0) is 43.2 Å². The maximum Gasteiger partial charge on any atom is 0.243 e. The number of rotatable bonds is 4. The van der Waals surface area contributed by atoms with Crippen molar-refractivity contribution in [2.24, 2.45) is 0 Å². The highest BCUT2D eigenvalue weighted by atomic mass is 35.5. The molecule has 1 saturated heterocycles. The van der Waals surface area contributed by atoms with Crippen LogP contribution in [0.4, 0.5) is 5.69 Å². The number of carbonyl (C=O) groups is 1. The number of amides is 1. The standard InChI is InChI=1S/C19H18ClN3O3S/c20-17-12-15(10-9-14(17)13-21)22-19(24)18-8-4-5-11-23(18)27(25,26)16-6-2-1-3-7-16/h1-3,6-7,9-10,12,18H,4-5,8,11H2,(H,22,24). The molecule has 1 amide bonds. The molecule has 0 saturated carbocycles. The van der Waals surface area contributed by atoms with Crippen molar-refractivity contribution in [1.29, 1.82) is 5.26 Å². The normalized spacial score (nSPS) is 17.9. The first-order chi connectivity index (χ1) is 12.9. The summed E-state index contributed by atoms with van der Waals surface area (Å²) < 4.78 is 27.2. The summed E-state index contributed by atoms with van der Waals surface area (Å²) >= 11 is 6.00. The highest BCUT2D eigenvalue weighted by Gasteiger charge is 2.37. The van der Waals surface area contributed by atoms with E-state index in [0.717, 1.165) is 6.42 Å². The molecule has 2 aromatic carbocycles. The molecule has 0 bridgehead atoms. The second-order valence-electron chi connectivity index (χ2n) is 6.24. The first-order valence-corrected chi connectivity index (χ1v) is 10.3. The minimum Gasteiger partial charge on any atom is -0.325 e. The lowest BCUT2D eigenvalue weighted by Gasteiger charge is -2.33. The number of anilines is 1. The van der Waals surface area contributed by atoms with Crippen LogP contribution in [0, 0.1) is 11.3 Å². The highest BCUT2D eigenvalue weighted by molar-refractivity contribution is 7.89. The molecule has 0 spiro atoms. The Bertz CT molecular complexity index is 987. The molecule has 0 aromatic heterocycles. The predicted molar refractivity (Wildman–Crippen MR) is 103 cm³/mol. The summed E-state index contributed by atoms with van der Waals surface area (Å²) in [5, 5.41) is 11.9. The van der Waals surface area contributed by atoms with Crippen molar-refractivity contribution in [2.45, 2.75) is 30.2 Å². The van der Waals surface area contributed by atoms with Gasteiger partial charge in [0.1, 0.15) is 12.1 Å². The van der Waals surface area contributed by atoms with Crippen LogP contribution in [0.1, 0.15) is 24.8 Å². The minimum absolute atomic E-state index is 0.172. The monoisotopic (exact) mass is 403 g/mol. The number of piperidine rings is 1. The van der Waals surface area contributed by atoms with E-state index in [9.17, 15) is 13.2 Å². The van der Waals surface area contributed by atoms with Crippen LogP contribution < -0.4 is 5.32 Å². The number of nitrogens with one attached hydrogen (secondary N) is 1. The maximum atomic E-state index is 13.0. The molecule has 1 aliphatic rings. The third kappa shape index (κ3) is 4.14. The quantitative estimate of drug-likeness (QED) is 0.847. The fourth-order valence-electron chi connectivity index (χ4n) is 3.09. The van der Waals surface area contributed by atoms with Crippen LogP contribution in [-0.4, -0.2) is 31.2 Å². The van der Waals surface area contributed by atoms with Crippen molar-refractivity contribution in [1.82, 2.24) is 4.31 Å². The number of nitriles is 1. The third-order valence-electron chi connectivity index (χ3n) is 4.46. The summed E-state index contributed by atoms with van der Waals surface area (Å²) in [4.78, 5) is 13.0. The van der Waals surface area contributed by atoms with Crippen LogP contribution in [-0.2, 0) is 14.8 Å². The van der Waals surface area contributed by atoms with Crippen LogP contribution in [0.3, 0.4) is 0 Å². The summed E-state index contributed by atoms with van der Waals surface area (Å²) in [6.45, 7) is 0.295. The number of benzene rings is 2. The first-order valence-electron chi connectivity index (χ1n) is 8.51. The molecule has 8 heteroatoms. The summed E-state index contributed by atoms with van der Waals surface area (Å²) in [5.41, 5.74) is 0.729. The Morgan fingerprint density at radius 3 is 2.59 bits per heavy atom. The Morgan fingerprint density at radius 2 is 1.93 bits per heavy atom. The van der Waals surface area contributed by atoms with Crippen molar-refractivity contribution < 1.29 is 13.2 Å². The lowest BCUT2D eigenvalue weighted by molar-refractivity contribution is -0.120. The van der Waals surface area contributed by atoms with Gasteiger partial charge in [-0.3, -0.25) is 4.79 Å². The van der Waals surface area contributed by atoms with Gasteiger partial charge in [0.2, 0.25) is 15.9 Å². The molecule has 0 radical (unpaired) electrons. The van der Waals surface area contributed by atoms with E-state index < -0.39 is 22.0 Å². The van der Waals surface area contributed by atoms with Gasteiger partial charge in [0.25, 0.3) is 0 Å². The van der Waals surface area contributed by atoms with Crippen molar-refractivity contribution in [3.63, 3.8) is 0 Å². The number of sulfonamides is 1. The van der Waals surface area contributed by atoms with Gasteiger partial charge in [0.15, 0.2) is 0 Å². The van der Waals surface area contributed by atoms with Gasteiger partial charge in [0, 0.05) is 12.2 Å². The summed E-state index contributed by atoms with van der Waals surface area (Å²) in [7, 11) is -3.76. The van der Waals surface area contributed by atoms with E-state index in [0.29, 0.717) is 30.6 Å². The molecule has 1 atom stereocenters. The molecule has 1 fully saturated rings. The number of carbonyl (C=O) groups excluding carboxylic acids is 1. The van der Waals surface area contributed by atoms with Crippen molar-refractivity contribution in [2.75, 3.05) is 11.9 Å². The van der Waals surface area contributed by atoms with E-state index >= 15 is 0 Å². The number of nitrogens with zero attached hydrogens (tertiary/aromatic N) is 2. The van der Waals surface area contributed by atoms with Gasteiger partial charge in [-0.1, -0.05) is 36.2 Å². The zero-order valence-electron chi connectivity index (χ0n) is 14.4. The molecule has 3 rings (SSSR count).